The molecule has 1 fully saturated rings. The van der Waals surface area contributed by atoms with Crippen molar-refractivity contribution in [1.82, 2.24) is 9.80 Å². The highest BCUT2D eigenvalue weighted by Gasteiger charge is 2.40. The monoisotopic (exact) mass is 302 g/mol. The Morgan fingerprint density at radius 1 is 1.05 bits per heavy atom. The molecule has 1 saturated heterocycles. The third-order valence-corrected chi connectivity index (χ3v) is 4.04. The summed E-state index contributed by atoms with van der Waals surface area (Å²) in [6, 6.07) is 6.28. The number of aliphatic hydroxyl groups excluding tert-OH is 1. The van der Waals surface area contributed by atoms with E-state index in [2.05, 4.69) is 4.90 Å². The number of nitrogens with zero attached hydrogens (tertiary/aromatic N) is 2. The van der Waals surface area contributed by atoms with Gasteiger partial charge in [-0.05, 0) is 18.1 Å². The number of rotatable bonds is 4. The van der Waals surface area contributed by atoms with Crippen molar-refractivity contribution in [2.24, 2.45) is 0 Å². The Hall–Kier alpha value is -1.11. The summed E-state index contributed by atoms with van der Waals surface area (Å²) in [6.45, 7) is 4.15. The first-order valence-corrected chi connectivity index (χ1v) is 7.12. The summed E-state index contributed by atoms with van der Waals surface area (Å²) < 4.78 is 38.0. The van der Waals surface area contributed by atoms with E-state index in [1.54, 1.807) is 0 Å². The van der Waals surface area contributed by atoms with Crippen LogP contribution >= 0.6 is 0 Å². The lowest BCUT2D eigenvalue weighted by atomic mass is 10.1. The van der Waals surface area contributed by atoms with Crippen LogP contribution in [0.3, 0.4) is 0 Å². The van der Waals surface area contributed by atoms with Crippen LogP contribution in [0, 0.1) is 0 Å². The van der Waals surface area contributed by atoms with E-state index in [0.717, 1.165) is 17.7 Å². The van der Waals surface area contributed by atoms with E-state index < -0.39 is 12.2 Å². The van der Waals surface area contributed by atoms with Crippen LogP contribution < -0.4 is 0 Å². The Morgan fingerprint density at radius 2 is 1.57 bits per heavy atom. The molecule has 1 aromatic rings. The third kappa shape index (κ3) is 4.43. The summed E-state index contributed by atoms with van der Waals surface area (Å²) in [7, 11) is 0. The Balaban J connectivity index is 1.83. The standard InChI is InChI=1S/C15H21F3N2O/c1-12(15(16,17)18)20-8-6-19(7-9-20)10-13-2-4-14(11-21)5-3-13/h2-5,12,21H,6-11H2,1H3. The van der Waals surface area contributed by atoms with E-state index in [4.69, 9.17) is 5.11 Å². The molecule has 1 aromatic carbocycles. The van der Waals surface area contributed by atoms with Gasteiger partial charge in [0.25, 0.3) is 0 Å². The summed E-state index contributed by atoms with van der Waals surface area (Å²) >= 11 is 0. The van der Waals surface area contributed by atoms with Crippen molar-refractivity contribution in [1.29, 1.82) is 0 Å². The van der Waals surface area contributed by atoms with Crippen LogP contribution in [-0.4, -0.2) is 53.3 Å². The summed E-state index contributed by atoms with van der Waals surface area (Å²) in [5, 5.41) is 8.99. The van der Waals surface area contributed by atoms with E-state index in [0.29, 0.717) is 26.2 Å². The molecule has 1 aliphatic heterocycles. The molecule has 118 valence electrons. The molecule has 1 atom stereocenters. The summed E-state index contributed by atoms with van der Waals surface area (Å²) in [6.07, 6.45) is -4.15. The second-order valence-electron chi connectivity index (χ2n) is 5.50. The van der Waals surface area contributed by atoms with Crippen molar-refractivity contribution >= 4 is 0 Å². The van der Waals surface area contributed by atoms with Crippen molar-refractivity contribution in [2.75, 3.05) is 26.2 Å². The minimum Gasteiger partial charge on any atom is -0.392 e. The molecule has 0 aliphatic carbocycles. The smallest absolute Gasteiger partial charge is 0.392 e. The Bertz CT molecular complexity index is 439. The number of piperazine rings is 1. The molecule has 3 nitrogen and oxygen atoms in total. The van der Waals surface area contributed by atoms with Crippen molar-refractivity contribution in [3.05, 3.63) is 35.4 Å². The third-order valence-electron chi connectivity index (χ3n) is 4.04. The lowest BCUT2D eigenvalue weighted by molar-refractivity contribution is -0.182. The van der Waals surface area contributed by atoms with Gasteiger partial charge >= 0.3 is 6.18 Å². The maximum absolute atomic E-state index is 12.7. The maximum atomic E-state index is 12.7. The van der Waals surface area contributed by atoms with E-state index in [1.165, 1.54) is 11.8 Å². The van der Waals surface area contributed by atoms with Gasteiger partial charge in [-0.1, -0.05) is 24.3 Å². The molecular weight excluding hydrogens is 281 g/mol. The van der Waals surface area contributed by atoms with Gasteiger partial charge in [0.1, 0.15) is 6.04 Å². The van der Waals surface area contributed by atoms with Crippen LogP contribution in [0.4, 0.5) is 13.2 Å². The SMILES string of the molecule is CC(N1CCN(Cc2ccc(CO)cc2)CC1)C(F)(F)F. The average molecular weight is 302 g/mol. The average Bonchev–Trinajstić information content (AvgIpc) is 2.47. The highest BCUT2D eigenvalue weighted by Crippen LogP contribution is 2.25. The Morgan fingerprint density at radius 3 is 2.05 bits per heavy atom. The minimum absolute atomic E-state index is 0.0221. The van der Waals surface area contributed by atoms with E-state index >= 15 is 0 Å². The number of hydrogen-bond acceptors (Lipinski definition) is 3. The number of hydrogen-bond donors (Lipinski definition) is 1. The molecule has 6 heteroatoms. The van der Waals surface area contributed by atoms with Gasteiger partial charge in [0.05, 0.1) is 6.61 Å². The minimum atomic E-state index is -4.15. The number of halogens is 3. The summed E-state index contributed by atoms with van der Waals surface area (Å²) in [5.41, 5.74) is 1.98. The molecule has 0 spiro atoms. The molecule has 0 bridgehead atoms. The molecule has 1 aliphatic rings. The number of aliphatic hydroxyl groups is 1. The highest BCUT2D eigenvalue weighted by molar-refractivity contribution is 5.21. The maximum Gasteiger partial charge on any atom is 0.403 e. The Labute approximate surface area is 123 Å². The molecule has 1 N–H and O–H groups in total. The summed E-state index contributed by atoms with van der Waals surface area (Å²) in [5.74, 6) is 0. The molecule has 1 heterocycles. The first kappa shape index (κ1) is 16.3. The highest BCUT2D eigenvalue weighted by atomic mass is 19.4. The van der Waals surface area contributed by atoms with Gasteiger partial charge in [-0.3, -0.25) is 9.80 Å². The van der Waals surface area contributed by atoms with Gasteiger partial charge in [-0.2, -0.15) is 13.2 Å². The van der Waals surface area contributed by atoms with Gasteiger partial charge in [-0.25, -0.2) is 0 Å². The predicted octanol–water partition coefficient (Wildman–Crippen LogP) is 2.25. The van der Waals surface area contributed by atoms with Gasteiger partial charge in [-0.15, -0.1) is 0 Å². The lowest BCUT2D eigenvalue weighted by Crippen LogP contribution is -2.53. The van der Waals surface area contributed by atoms with E-state index in [9.17, 15) is 13.2 Å². The zero-order valence-electron chi connectivity index (χ0n) is 12.1. The molecular formula is C15H21F3N2O. The molecule has 2 rings (SSSR count). The van der Waals surface area contributed by atoms with Gasteiger partial charge in [0, 0.05) is 32.7 Å². The van der Waals surface area contributed by atoms with Crippen molar-refractivity contribution < 1.29 is 18.3 Å². The fourth-order valence-electron chi connectivity index (χ4n) is 2.52. The van der Waals surface area contributed by atoms with Crippen LogP contribution in [0.15, 0.2) is 24.3 Å². The molecule has 0 aromatic heterocycles. The van der Waals surface area contributed by atoms with Crippen molar-refractivity contribution in [2.45, 2.75) is 32.3 Å². The predicted molar refractivity (Wildman–Crippen MR) is 74.7 cm³/mol. The van der Waals surface area contributed by atoms with Gasteiger partial charge in [0.2, 0.25) is 0 Å². The number of benzene rings is 1. The first-order chi connectivity index (χ1) is 9.90. The van der Waals surface area contributed by atoms with E-state index in [1.807, 2.05) is 24.3 Å². The van der Waals surface area contributed by atoms with Crippen molar-refractivity contribution in [3.8, 4) is 0 Å². The molecule has 0 amide bonds. The van der Waals surface area contributed by atoms with Gasteiger partial charge < -0.3 is 5.11 Å². The molecule has 0 radical (unpaired) electrons. The fourth-order valence-corrected chi connectivity index (χ4v) is 2.52. The first-order valence-electron chi connectivity index (χ1n) is 7.12. The Kier molecular flexibility index (Phi) is 5.24. The van der Waals surface area contributed by atoms with Gasteiger partial charge in [0.15, 0.2) is 0 Å². The topological polar surface area (TPSA) is 26.7 Å². The largest absolute Gasteiger partial charge is 0.403 e. The van der Waals surface area contributed by atoms with Crippen LogP contribution in [0.1, 0.15) is 18.1 Å². The van der Waals surface area contributed by atoms with Crippen LogP contribution in [-0.2, 0) is 13.2 Å². The fraction of sp³-hybridized carbons (Fsp3) is 0.600. The second kappa shape index (κ2) is 6.77. The van der Waals surface area contributed by atoms with Crippen LogP contribution in [0.2, 0.25) is 0 Å². The van der Waals surface area contributed by atoms with E-state index in [-0.39, 0.29) is 6.61 Å². The summed E-state index contributed by atoms with van der Waals surface area (Å²) in [4.78, 5) is 3.65. The quantitative estimate of drug-likeness (QED) is 0.924. The second-order valence-corrected chi connectivity index (χ2v) is 5.50. The molecule has 1 unspecified atom stereocenters. The molecule has 0 saturated carbocycles. The zero-order valence-corrected chi connectivity index (χ0v) is 12.1. The molecule has 21 heavy (non-hydrogen) atoms. The normalized spacial score (nSPS) is 19.7. The number of alkyl halides is 3. The van der Waals surface area contributed by atoms with Crippen LogP contribution in [0.5, 0.6) is 0 Å². The zero-order chi connectivity index (χ0) is 15.5. The van der Waals surface area contributed by atoms with Crippen molar-refractivity contribution in [3.63, 3.8) is 0 Å². The van der Waals surface area contributed by atoms with Crippen LogP contribution in [0.25, 0.3) is 0 Å². The lowest BCUT2D eigenvalue weighted by Gasteiger charge is -2.38.